The molecule has 0 spiro atoms. The molecule has 2 aromatic carbocycles. The lowest BCUT2D eigenvalue weighted by Gasteiger charge is -2.02. The zero-order chi connectivity index (χ0) is 18.9. The summed E-state index contributed by atoms with van der Waals surface area (Å²) in [5.41, 5.74) is 0.767. The van der Waals surface area contributed by atoms with Gasteiger partial charge in [0.2, 0.25) is 11.6 Å². The van der Waals surface area contributed by atoms with E-state index in [4.69, 9.17) is 9.63 Å². The van der Waals surface area contributed by atoms with Crippen molar-refractivity contribution in [1.29, 1.82) is 0 Å². The zero-order valence-electron chi connectivity index (χ0n) is 14.6. The van der Waals surface area contributed by atoms with E-state index in [0.717, 1.165) is 0 Å². The van der Waals surface area contributed by atoms with Crippen LogP contribution in [0.15, 0.2) is 54.6 Å². The fourth-order valence-corrected chi connectivity index (χ4v) is 2.26. The molecule has 0 saturated heterocycles. The second kappa shape index (κ2) is 9.92. The quantitative estimate of drug-likeness (QED) is 0.476. The van der Waals surface area contributed by atoms with Crippen molar-refractivity contribution in [3.05, 3.63) is 65.7 Å². The van der Waals surface area contributed by atoms with Crippen LogP contribution in [0.1, 0.15) is 34.6 Å². The highest BCUT2D eigenvalue weighted by Crippen LogP contribution is 2.38. The van der Waals surface area contributed by atoms with Gasteiger partial charge in [0.25, 0.3) is 0 Å². The molecular weight excluding hydrogens is 339 g/mol. The minimum Gasteiger partial charge on any atom is -0.497 e. The monoisotopic (exact) mass is 362 g/mol. The van der Waals surface area contributed by atoms with Gasteiger partial charge in [-0.3, -0.25) is 14.2 Å². The van der Waals surface area contributed by atoms with Crippen molar-refractivity contribution in [3.8, 4) is 5.75 Å². The summed E-state index contributed by atoms with van der Waals surface area (Å²) < 4.78 is 15.5. The Balaban J connectivity index is 0.000000381. The Morgan fingerprint density at radius 2 is 1.32 bits per heavy atom. The Hall–Kier alpha value is -2.23. The van der Waals surface area contributed by atoms with Crippen molar-refractivity contribution in [2.45, 2.75) is 13.8 Å². The smallest absolute Gasteiger partial charge is 0.233 e. The molecule has 0 unspecified atom stereocenters. The number of carbonyl (C=O) groups excluding carboxylic acids is 2. The molecule has 0 heterocycles. The van der Waals surface area contributed by atoms with E-state index in [9.17, 15) is 14.2 Å². The Morgan fingerprint density at radius 3 is 1.68 bits per heavy atom. The molecule has 0 saturated carbocycles. The van der Waals surface area contributed by atoms with Gasteiger partial charge in [-0.25, -0.2) is 0 Å². The van der Waals surface area contributed by atoms with Crippen LogP contribution in [0, 0.1) is 0 Å². The lowest BCUT2D eigenvalue weighted by Crippen LogP contribution is -2.14. The number of benzene rings is 2. The molecule has 6 heteroatoms. The minimum absolute atomic E-state index is 0.365. The topological polar surface area (TPSA) is 80.7 Å². The van der Waals surface area contributed by atoms with E-state index >= 15 is 0 Å². The Bertz CT molecular complexity index is 730. The molecule has 25 heavy (non-hydrogen) atoms. The number of carbonyl (C=O) groups is 2. The molecule has 0 aliphatic carbocycles. The van der Waals surface area contributed by atoms with Gasteiger partial charge in [-0.05, 0) is 24.3 Å². The number of methoxy groups -OCH3 is 1. The summed E-state index contributed by atoms with van der Waals surface area (Å²) in [7, 11) is -1.11. The maximum absolute atomic E-state index is 12.0. The number of Topliss-reactive ketones (excluding diaryl/α,β-unsaturated/α-hetero) is 2. The van der Waals surface area contributed by atoms with Crippen molar-refractivity contribution in [2.75, 3.05) is 19.4 Å². The number of hydrogen-bond donors (Lipinski definition) is 1. The number of ketones is 2. The van der Waals surface area contributed by atoms with Gasteiger partial charge in [-0.15, -0.1) is 0 Å². The second-order valence-corrected chi connectivity index (χ2v) is 8.19. The molecule has 0 aromatic heterocycles. The first-order valence-corrected chi connectivity index (χ1v) is 9.96. The number of ether oxygens (including phenoxy) is 1. The van der Waals surface area contributed by atoms with E-state index in [-0.39, 0.29) is 0 Å². The van der Waals surface area contributed by atoms with E-state index in [0.29, 0.717) is 29.2 Å². The average Bonchev–Trinajstić information content (AvgIpc) is 2.68. The van der Waals surface area contributed by atoms with Gasteiger partial charge in [0.1, 0.15) is 5.75 Å². The van der Waals surface area contributed by atoms with Crippen molar-refractivity contribution in [3.63, 3.8) is 0 Å². The third-order valence-corrected chi connectivity index (χ3v) is 5.56. The van der Waals surface area contributed by atoms with E-state index < -0.39 is 18.9 Å². The number of rotatable bonds is 6. The lowest BCUT2D eigenvalue weighted by atomic mass is 10.0. The van der Waals surface area contributed by atoms with Gasteiger partial charge in [0, 0.05) is 23.5 Å². The maximum atomic E-state index is 12.0. The van der Waals surface area contributed by atoms with E-state index in [1.54, 1.807) is 75.6 Å². The first-order chi connectivity index (χ1) is 11.8. The Labute approximate surface area is 148 Å². The van der Waals surface area contributed by atoms with Crippen LogP contribution in [-0.2, 0) is 4.57 Å². The molecule has 2 rings (SSSR count). The Morgan fingerprint density at radius 1 is 0.880 bits per heavy atom. The fourth-order valence-electron chi connectivity index (χ4n) is 1.82. The molecule has 0 radical (unpaired) electrons. The van der Waals surface area contributed by atoms with Crippen molar-refractivity contribution >= 4 is 18.9 Å². The molecule has 2 aromatic rings. The summed E-state index contributed by atoms with van der Waals surface area (Å²) in [4.78, 5) is 32.6. The molecule has 0 atom stereocenters. The van der Waals surface area contributed by atoms with Gasteiger partial charge >= 0.3 is 0 Å². The first-order valence-electron chi connectivity index (χ1n) is 7.93. The summed E-state index contributed by atoms with van der Waals surface area (Å²) >= 11 is 0. The first kappa shape index (κ1) is 20.8. The fraction of sp³-hybridized carbons (Fsp3) is 0.263. The van der Waals surface area contributed by atoms with Crippen molar-refractivity contribution < 1.29 is 23.8 Å². The van der Waals surface area contributed by atoms with Crippen LogP contribution in [-0.4, -0.2) is 35.9 Å². The normalized spacial score (nSPS) is 10.4. The predicted molar refractivity (Wildman–Crippen MR) is 99.0 cm³/mol. The largest absolute Gasteiger partial charge is 0.497 e. The van der Waals surface area contributed by atoms with Gasteiger partial charge < -0.3 is 9.63 Å². The van der Waals surface area contributed by atoms with Crippen LogP contribution < -0.4 is 4.74 Å². The zero-order valence-corrected chi connectivity index (χ0v) is 15.5. The van der Waals surface area contributed by atoms with Crippen LogP contribution >= 0.6 is 7.37 Å². The second-order valence-electron chi connectivity index (χ2n) is 5.23. The third kappa shape index (κ3) is 6.65. The summed E-state index contributed by atoms with van der Waals surface area (Å²) in [5.74, 6) is -0.358. The highest BCUT2D eigenvalue weighted by atomic mass is 31.2. The van der Waals surface area contributed by atoms with Gasteiger partial charge in [-0.1, -0.05) is 44.2 Å². The predicted octanol–water partition coefficient (Wildman–Crippen LogP) is 4.06. The van der Waals surface area contributed by atoms with Crippen LogP contribution in [0.2, 0.25) is 0 Å². The molecule has 0 aliphatic rings. The van der Waals surface area contributed by atoms with Gasteiger partial charge in [0.05, 0.1) is 7.11 Å². The summed E-state index contributed by atoms with van der Waals surface area (Å²) in [6, 6.07) is 15.0. The van der Waals surface area contributed by atoms with Crippen LogP contribution in [0.3, 0.4) is 0 Å². The Kier molecular flexibility index (Phi) is 8.26. The molecule has 1 N–H and O–H groups in total. The van der Waals surface area contributed by atoms with Gasteiger partial charge in [0.15, 0.2) is 7.37 Å². The van der Waals surface area contributed by atoms with E-state index in [1.807, 2.05) is 0 Å². The van der Waals surface area contributed by atoms with E-state index in [2.05, 4.69) is 0 Å². The molecule has 0 aliphatic heterocycles. The summed E-state index contributed by atoms with van der Waals surface area (Å²) in [6.07, 6.45) is 0.812. The summed E-state index contributed by atoms with van der Waals surface area (Å²) in [5, 5.41) is 0. The van der Waals surface area contributed by atoms with Crippen LogP contribution in [0.4, 0.5) is 0 Å². The molecule has 0 amide bonds. The SMILES string of the molecule is CCP(=O)(O)CC.COc1ccc(C(=O)C(=O)c2ccccc2)cc1. The number of hydrogen-bond acceptors (Lipinski definition) is 4. The average molecular weight is 362 g/mol. The standard InChI is InChI=1S/C15H12O3.C4H11O2P/c1-18-13-9-7-12(8-10-13)15(17)14(16)11-5-3-2-4-6-11;1-3-7(5,6)4-2/h2-10H,1H3;3-4H2,1-2H3,(H,5,6). The third-order valence-electron chi connectivity index (χ3n) is 3.58. The molecule has 5 nitrogen and oxygen atoms in total. The van der Waals surface area contributed by atoms with E-state index in [1.165, 1.54) is 0 Å². The maximum Gasteiger partial charge on any atom is 0.233 e. The summed E-state index contributed by atoms with van der Waals surface area (Å²) in [6.45, 7) is 3.45. The highest BCUT2D eigenvalue weighted by Gasteiger charge is 2.17. The lowest BCUT2D eigenvalue weighted by molar-refractivity contribution is 0.0817. The van der Waals surface area contributed by atoms with Crippen LogP contribution in [0.25, 0.3) is 0 Å². The molecule has 0 bridgehead atoms. The van der Waals surface area contributed by atoms with Crippen molar-refractivity contribution in [2.24, 2.45) is 0 Å². The highest BCUT2D eigenvalue weighted by molar-refractivity contribution is 7.57. The van der Waals surface area contributed by atoms with Gasteiger partial charge in [-0.2, -0.15) is 0 Å². The molecule has 0 fully saturated rings. The minimum atomic E-state index is -2.65. The molecule has 134 valence electrons. The van der Waals surface area contributed by atoms with Crippen LogP contribution in [0.5, 0.6) is 5.75 Å². The molecular formula is C19H23O5P. The van der Waals surface area contributed by atoms with Crippen molar-refractivity contribution in [1.82, 2.24) is 0 Å².